The standard InChI is InChI=1S/C21H28N4O6/c1-13-6-5-7-14(22-10-11-23-20(30)31-21(2,3)4)17(13)19(29)25(12-26)15-8-9-16(27)24-18(15)28/h5-7,12,15,22H,8-11H2,1-4H3,(H,23,30)(H,24,27,28). The van der Waals surface area contributed by atoms with Crippen LogP contribution in [0.4, 0.5) is 10.5 Å². The Labute approximate surface area is 180 Å². The lowest BCUT2D eigenvalue weighted by molar-refractivity contribution is -0.139. The summed E-state index contributed by atoms with van der Waals surface area (Å²) in [6.07, 6.45) is -0.130. The summed E-state index contributed by atoms with van der Waals surface area (Å²) in [4.78, 5) is 60.9. The minimum atomic E-state index is -1.05. The van der Waals surface area contributed by atoms with Gasteiger partial charge in [0.2, 0.25) is 18.2 Å². The number of hydrogen-bond donors (Lipinski definition) is 3. The molecule has 0 spiro atoms. The van der Waals surface area contributed by atoms with Gasteiger partial charge in [-0.15, -0.1) is 0 Å². The molecule has 2 rings (SSSR count). The van der Waals surface area contributed by atoms with Gasteiger partial charge < -0.3 is 15.4 Å². The summed E-state index contributed by atoms with van der Waals surface area (Å²) in [5, 5.41) is 7.82. The van der Waals surface area contributed by atoms with Gasteiger partial charge in [0.25, 0.3) is 5.91 Å². The highest BCUT2D eigenvalue weighted by molar-refractivity contribution is 6.09. The van der Waals surface area contributed by atoms with E-state index in [2.05, 4.69) is 16.0 Å². The number of nitrogens with zero attached hydrogens (tertiary/aromatic N) is 1. The molecule has 0 radical (unpaired) electrons. The van der Waals surface area contributed by atoms with Crippen molar-refractivity contribution in [1.82, 2.24) is 15.5 Å². The maximum absolute atomic E-state index is 13.1. The number of piperidine rings is 1. The number of alkyl carbamates (subject to hydrolysis) is 1. The van der Waals surface area contributed by atoms with E-state index in [1.165, 1.54) is 0 Å². The largest absolute Gasteiger partial charge is 0.444 e. The minimum absolute atomic E-state index is 0.0449. The molecule has 1 aromatic rings. The van der Waals surface area contributed by atoms with Gasteiger partial charge in [0.1, 0.15) is 11.6 Å². The molecule has 0 aromatic heterocycles. The zero-order valence-corrected chi connectivity index (χ0v) is 18.1. The quantitative estimate of drug-likeness (QED) is 0.336. The third-order valence-electron chi connectivity index (χ3n) is 4.49. The van der Waals surface area contributed by atoms with Crippen molar-refractivity contribution in [2.24, 2.45) is 0 Å². The van der Waals surface area contributed by atoms with Crippen LogP contribution >= 0.6 is 0 Å². The van der Waals surface area contributed by atoms with Gasteiger partial charge in [-0.3, -0.25) is 29.4 Å². The molecule has 1 saturated heterocycles. The molecule has 0 saturated carbocycles. The van der Waals surface area contributed by atoms with Crippen LogP contribution in [0.3, 0.4) is 0 Å². The van der Waals surface area contributed by atoms with Crippen molar-refractivity contribution in [3.05, 3.63) is 29.3 Å². The first kappa shape index (κ1) is 23.8. The van der Waals surface area contributed by atoms with E-state index in [0.717, 1.165) is 4.90 Å². The highest BCUT2D eigenvalue weighted by Gasteiger charge is 2.35. The van der Waals surface area contributed by atoms with Crippen molar-refractivity contribution >= 4 is 35.9 Å². The van der Waals surface area contributed by atoms with Gasteiger partial charge in [-0.05, 0) is 45.7 Å². The number of aryl methyl sites for hydroxylation is 1. The fourth-order valence-electron chi connectivity index (χ4n) is 3.11. The zero-order chi connectivity index (χ0) is 23.2. The first-order valence-corrected chi connectivity index (χ1v) is 9.95. The normalized spacial score (nSPS) is 16.2. The number of nitrogens with one attached hydrogen (secondary N) is 3. The summed E-state index contributed by atoms with van der Waals surface area (Å²) in [6, 6.07) is 4.07. The van der Waals surface area contributed by atoms with Crippen LogP contribution in [0.1, 0.15) is 49.5 Å². The van der Waals surface area contributed by atoms with Crippen LogP contribution < -0.4 is 16.0 Å². The van der Waals surface area contributed by atoms with Gasteiger partial charge >= 0.3 is 6.09 Å². The molecular formula is C21H28N4O6. The lowest BCUT2D eigenvalue weighted by Gasteiger charge is -2.29. The molecule has 10 heteroatoms. The molecule has 1 aliphatic heterocycles. The van der Waals surface area contributed by atoms with Crippen molar-refractivity contribution in [1.29, 1.82) is 0 Å². The molecule has 1 aliphatic rings. The Bertz CT molecular complexity index is 877. The van der Waals surface area contributed by atoms with E-state index >= 15 is 0 Å². The lowest BCUT2D eigenvalue weighted by Crippen LogP contribution is -2.54. The number of anilines is 1. The number of imide groups is 2. The molecule has 5 amide bonds. The molecule has 10 nitrogen and oxygen atoms in total. The molecule has 1 aromatic carbocycles. The molecule has 3 N–H and O–H groups in total. The van der Waals surface area contributed by atoms with Crippen LogP contribution in [-0.2, 0) is 19.1 Å². The number of ether oxygens (including phenoxy) is 1. The SMILES string of the molecule is Cc1cccc(NCCNC(=O)OC(C)(C)C)c1C(=O)N(C=O)C1CCC(=O)NC1=O. The second-order valence-electron chi connectivity index (χ2n) is 8.14. The predicted molar refractivity (Wildman–Crippen MR) is 112 cm³/mol. The summed E-state index contributed by atoms with van der Waals surface area (Å²) in [6.45, 7) is 7.53. The number of hydrogen-bond acceptors (Lipinski definition) is 7. The average molecular weight is 432 g/mol. The predicted octanol–water partition coefficient (Wildman–Crippen LogP) is 1.34. The molecule has 31 heavy (non-hydrogen) atoms. The zero-order valence-electron chi connectivity index (χ0n) is 18.1. The Morgan fingerprint density at radius 3 is 2.58 bits per heavy atom. The summed E-state index contributed by atoms with van der Waals surface area (Å²) >= 11 is 0. The van der Waals surface area contributed by atoms with E-state index in [1.807, 2.05) is 0 Å². The Morgan fingerprint density at radius 2 is 1.97 bits per heavy atom. The van der Waals surface area contributed by atoms with Crippen LogP contribution in [-0.4, -0.2) is 59.9 Å². The van der Waals surface area contributed by atoms with E-state index < -0.39 is 35.5 Å². The molecular weight excluding hydrogens is 404 g/mol. The number of benzene rings is 1. The fourth-order valence-corrected chi connectivity index (χ4v) is 3.11. The van der Waals surface area contributed by atoms with Crippen molar-refractivity contribution in [3.8, 4) is 0 Å². The Balaban J connectivity index is 2.10. The van der Waals surface area contributed by atoms with Crippen LogP contribution in [0.2, 0.25) is 0 Å². The molecule has 0 bridgehead atoms. The van der Waals surface area contributed by atoms with Gasteiger partial charge in [0.15, 0.2) is 0 Å². The first-order chi connectivity index (χ1) is 14.5. The van der Waals surface area contributed by atoms with Crippen molar-refractivity contribution < 1.29 is 28.7 Å². The lowest BCUT2D eigenvalue weighted by atomic mass is 10.0. The van der Waals surface area contributed by atoms with Gasteiger partial charge in [-0.2, -0.15) is 0 Å². The van der Waals surface area contributed by atoms with Crippen LogP contribution in [0, 0.1) is 6.92 Å². The Morgan fingerprint density at radius 1 is 1.26 bits per heavy atom. The van der Waals surface area contributed by atoms with Crippen LogP contribution in [0.25, 0.3) is 0 Å². The van der Waals surface area contributed by atoms with Gasteiger partial charge in [-0.25, -0.2) is 4.79 Å². The Hall–Kier alpha value is -3.43. The highest BCUT2D eigenvalue weighted by Crippen LogP contribution is 2.23. The third kappa shape index (κ3) is 6.53. The molecule has 1 fully saturated rings. The average Bonchev–Trinajstić information content (AvgIpc) is 2.66. The number of carbonyl (C=O) groups excluding carboxylic acids is 5. The minimum Gasteiger partial charge on any atom is -0.444 e. The number of amides is 5. The van der Waals surface area contributed by atoms with E-state index in [0.29, 0.717) is 24.2 Å². The molecule has 0 aliphatic carbocycles. The van der Waals surface area contributed by atoms with Gasteiger partial charge in [-0.1, -0.05) is 12.1 Å². The van der Waals surface area contributed by atoms with Gasteiger partial charge in [0.05, 0.1) is 5.56 Å². The smallest absolute Gasteiger partial charge is 0.407 e. The monoisotopic (exact) mass is 432 g/mol. The topological polar surface area (TPSA) is 134 Å². The molecule has 1 atom stereocenters. The maximum Gasteiger partial charge on any atom is 0.407 e. The van der Waals surface area contributed by atoms with Crippen LogP contribution in [0.15, 0.2) is 18.2 Å². The van der Waals surface area contributed by atoms with Gasteiger partial charge in [0, 0.05) is 25.2 Å². The summed E-state index contributed by atoms with van der Waals surface area (Å²) in [5.74, 6) is -1.76. The highest BCUT2D eigenvalue weighted by atomic mass is 16.6. The summed E-state index contributed by atoms with van der Waals surface area (Å²) < 4.78 is 5.16. The third-order valence-corrected chi connectivity index (χ3v) is 4.49. The van der Waals surface area contributed by atoms with E-state index in [9.17, 15) is 24.0 Å². The van der Waals surface area contributed by atoms with E-state index in [-0.39, 0.29) is 24.9 Å². The Kier molecular flexibility index (Phi) is 7.73. The summed E-state index contributed by atoms with van der Waals surface area (Å²) in [7, 11) is 0. The fraction of sp³-hybridized carbons (Fsp3) is 0.476. The second kappa shape index (κ2) is 10.1. The van der Waals surface area contributed by atoms with E-state index in [1.54, 1.807) is 45.9 Å². The van der Waals surface area contributed by atoms with Crippen molar-refractivity contribution in [2.45, 2.75) is 52.2 Å². The molecule has 168 valence electrons. The number of rotatable bonds is 7. The van der Waals surface area contributed by atoms with Crippen molar-refractivity contribution in [3.63, 3.8) is 0 Å². The first-order valence-electron chi connectivity index (χ1n) is 9.95. The van der Waals surface area contributed by atoms with Crippen LogP contribution in [0.5, 0.6) is 0 Å². The summed E-state index contributed by atoms with van der Waals surface area (Å²) in [5.41, 5.74) is 0.683. The second-order valence-corrected chi connectivity index (χ2v) is 8.14. The molecule has 1 heterocycles. The maximum atomic E-state index is 13.1. The number of carbonyl (C=O) groups is 5. The molecule has 1 unspecified atom stereocenters. The van der Waals surface area contributed by atoms with E-state index in [4.69, 9.17) is 4.74 Å². The van der Waals surface area contributed by atoms with Crippen molar-refractivity contribution in [2.75, 3.05) is 18.4 Å².